The van der Waals surface area contributed by atoms with Crippen molar-refractivity contribution in [1.29, 1.82) is 0 Å². The Morgan fingerprint density at radius 2 is 2.20 bits per heavy atom. The van der Waals surface area contributed by atoms with Crippen molar-refractivity contribution < 1.29 is 9.53 Å². The van der Waals surface area contributed by atoms with Crippen molar-refractivity contribution in [3.8, 4) is 0 Å². The number of nitrogens with one attached hydrogen (secondary N) is 1. The molecule has 1 rings (SSSR count). The van der Waals surface area contributed by atoms with Crippen molar-refractivity contribution >= 4 is 5.91 Å². The third-order valence-corrected chi connectivity index (χ3v) is 2.97. The molecule has 0 aliphatic rings. The highest BCUT2D eigenvalue weighted by molar-refractivity contribution is 5.86. The number of primary amides is 1. The Morgan fingerprint density at radius 3 is 2.75 bits per heavy atom. The van der Waals surface area contributed by atoms with Gasteiger partial charge < -0.3 is 10.5 Å². The average Bonchev–Trinajstić information content (AvgIpc) is 2.46. The number of nitrogens with two attached hydrogens (primary N) is 1. The first-order chi connectivity index (χ1) is 9.67. The summed E-state index contributed by atoms with van der Waals surface area (Å²) < 4.78 is 5.16. The van der Waals surface area contributed by atoms with Gasteiger partial charge in [0.25, 0.3) is 0 Å². The number of benzene rings is 1. The second-order valence-electron chi connectivity index (χ2n) is 4.30. The Balaban J connectivity index is 2.88. The van der Waals surface area contributed by atoms with Gasteiger partial charge in [0, 0.05) is 18.6 Å². The molecule has 20 heavy (non-hydrogen) atoms. The molecule has 1 atom stereocenters. The minimum atomic E-state index is -1.08. The van der Waals surface area contributed by atoms with Crippen LogP contribution in [0.1, 0.15) is 12.0 Å². The van der Waals surface area contributed by atoms with Crippen molar-refractivity contribution in [2.45, 2.75) is 12.0 Å². The van der Waals surface area contributed by atoms with E-state index >= 15 is 0 Å². The number of ether oxygens (including phenoxy) is 1. The summed E-state index contributed by atoms with van der Waals surface area (Å²) in [5.41, 5.74) is 13.5. The summed E-state index contributed by atoms with van der Waals surface area (Å²) in [6.07, 6.45) is 0.607. The third-order valence-electron chi connectivity index (χ3n) is 2.97. The van der Waals surface area contributed by atoms with Crippen molar-refractivity contribution in [2.75, 3.05) is 26.8 Å². The second kappa shape index (κ2) is 8.16. The van der Waals surface area contributed by atoms with E-state index in [0.29, 0.717) is 19.5 Å². The molecule has 0 aliphatic carbocycles. The van der Waals surface area contributed by atoms with Gasteiger partial charge in [-0.05, 0) is 24.1 Å². The fourth-order valence-corrected chi connectivity index (χ4v) is 1.97. The molecular weight excluding hydrogens is 258 g/mol. The Hall–Kier alpha value is -2.08. The van der Waals surface area contributed by atoms with Gasteiger partial charge >= 0.3 is 0 Å². The summed E-state index contributed by atoms with van der Waals surface area (Å²) in [5, 5.41) is 6.57. The first-order valence-corrected chi connectivity index (χ1v) is 6.27. The second-order valence-corrected chi connectivity index (χ2v) is 4.30. The number of carbonyl (C=O) groups excluding carboxylic acids is 1. The van der Waals surface area contributed by atoms with Crippen LogP contribution in [0.15, 0.2) is 35.4 Å². The van der Waals surface area contributed by atoms with Crippen LogP contribution in [0.25, 0.3) is 10.4 Å². The molecule has 0 radical (unpaired) electrons. The molecule has 1 unspecified atom stereocenters. The van der Waals surface area contributed by atoms with Gasteiger partial charge in [0.05, 0.1) is 6.61 Å². The zero-order valence-electron chi connectivity index (χ0n) is 11.5. The first kappa shape index (κ1) is 16.0. The standard InChI is InChI=1S/C13H19N5O2/c1-20-10-13(12(14)19,11-6-3-2-4-7-11)16-8-5-9-17-18-15/h2-4,6-7,16H,5,8-10H2,1H3,(H2,14,19). The normalized spacial score (nSPS) is 13.2. The predicted octanol–water partition coefficient (Wildman–Crippen LogP) is 1.30. The molecule has 0 spiro atoms. The summed E-state index contributed by atoms with van der Waals surface area (Å²) in [6, 6.07) is 9.19. The predicted molar refractivity (Wildman–Crippen MR) is 75.8 cm³/mol. The van der Waals surface area contributed by atoms with E-state index < -0.39 is 11.4 Å². The van der Waals surface area contributed by atoms with Crippen molar-refractivity contribution in [3.05, 3.63) is 46.3 Å². The van der Waals surface area contributed by atoms with Crippen LogP contribution >= 0.6 is 0 Å². The van der Waals surface area contributed by atoms with E-state index in [0.717, 1.165) is 5.56 Å². The monoisotopic (exact) mass is 277 g/mol. The van der Waals surface area contributed by atoms with Crippen molar-refractivity contribution in [1.82, 2.24) is 5.32 Å². The van der Waals surface area contributed by atoms with E-state index in [1.807, 2.05) is 30.3 Å². The van der Waals surface area contributed by atoms with Crippen molar-refractivity contribution in [3.63, 3.8) is 0 Å². The fraction of sp³-hybridized carbons (Fsp3) is 0.462. The molecule has 108 valence electrons. The fourth-order valence-electron chi connectivity index (χ4n) is 1.97. The highest BCUT2D eigenvalue weighted by atomic mass is 16.5. The van der Waals surface area contributed by atoms with Gasteiger partial charge in [-0.3, -0.25) is 10.1 Å². The lowest BCUT2D eigenvalue weighted by Gasteiger charge is -2.31. The lowest BCUT2D eigenvalue weighted by Crippen LogP contribution is -2.56. The lowest BCUT2D eigenvalue weighted by atomic mass is 9.89. The molecule has 0 bridgehead atoms. The number of amides is 1. The van der Waals surface area contributed by atoms with E-state index in [1.54, 1.807) is 0 Å². The number of rotatable bonds is 9. The zero-order valence-corrected chi connectivity index (χ0v) is 11.5. The Kier molecular flexibility index (Phi) is 6.52. The molecule has 1 amide bonds. The maximum atomic E-state index is 11.9. The van der Waals surface area contributed by atoms with Crippen LogP contribution in [0, 0.1) is 0 Å². The number of carbonyl (C=O) groups is 1. The van der Waals surface area contributed by atoms with E-state index in [4.69, 9.17) is 16.0 Å². The van der Waals surface area contributed by atoms with E-state index in [9.17, 15) is 4.79 Å². The van der Waals surface area contributed by atoms with Gasteiger partial charge in [0.15, 0.2) is 0 Å². The largest absolute Gasteiger partial charge is 0.382 e. The van der Waals surface area contributed by atoms with Crippen LogP contribution in [-0.2, 0) is 15.1 Å². The summed E-state index contributed by atoms with van der Waals surface area (Å²) in [6.45, 7) is 0.980. The summed E-state index contributed by atoms with van der Waals surface area (Å²) in [7, 11) is 1.52. The van der Waals surface area contributed by atoms with Crippen LogP contribution < -0.4 is 11.1 Å². The molecule has 0 aromatic heterocycles. The molecular formula is C13H19N5O2. The maximum Gasteiger partial charge on any atom is 0.244 e. The highest BCUT2D eigenvalue weighted by Gasteiger charge is 2.37. The first-order valence-electron chi connectivity index (χ1n) is 6.27. The summed E-state index contributed by atoms with van der Waals surface area (Å²) >= 11 is 0. The minimum Gasteiger partial charge on any atom is -0.382 e. The Morgan fingerprint density at radius 1 is 1.50 bits per heavy atom. The molecule has 1 aromatic carbocycles. The van der Waals surface area contributed by atoms with Gasteiger partial charge in [-0.15, -0.1) is 0 Å². The van der Waals surface area contributed by atoms with Crippen LogP contribution in [-0.4, -0.2) is 32.7 Å². The topological polar surface area (TPSA) is 113 Å². The van der Waals surface area contributed by atoms with E-state index in [1.165, 1.54) is 7.11 Å². The maximum absolute atomic E-state index is 11.9. The number of hydrogen-bond acceptors (Lipinski definition) is 4. The number of nitrogens with zero attached hydrogens (tertiary/aromatic N) is 3. The SMILES string of the molecule is COCC(NCCCN=[N+]=[N-])(C(N)=O)c1ccccc1. The number of azide groups is 1. The summed E-state index contributed by atoms with van der Waals surface area (Å²) in [5.74, 6) is -0.505. The van der Waals surface area contributed by atoms with Gasteiger partial charge in [0.2, 0.25) is 5.91 Å². The Labute approximate surface area is 117 Å². The molecule has 0 saturated carbocycles. The van der Waals surface area contributed by atoms with Gasteiger partial charge in [-0.2, -0.15) is 0 Å². The minimum absolute atomic E-state index is 0.133. The van der Waals surface area contributed by atoms with Crippen LogP contribution in [0.4, 0.5) is 0 Å². The molecule has 3 N–H and O–H groups in total. The smallest absolute Gasteiger partial charge is 0.244 e. The molecule has 0 fully saturated rings. The number of methoxy groups -OCH3 is 1. The average molecular weight is 277 g/mol. The summed E-state index contributed by atoms with van der Waals surface area (Å²) in [4.78, 5) is 14.6. The van der Waals surface area contributed by atoms with Gasteiger partial charge in [0.1, 0.15) is 5.54 Å². The third kappa shape index (κ3) is 3.96. The molecule has 7 heteroatoms. The van der Waals surface area contributed by atoms with Crippen LogP contribution in [0.5, 0.6) is 0 Å². The highest BCUT2D eigenvalue weighted by Crippen LogP contribution is 2.21. The van der Waals surface area contributed by atoms with E-state index in [2.05, 4.69) is 15.3 Å². The van der Waals surface area contributed by atoms with Crippen LogP contribution in [0.2, 0.25) is 0 Å². The number of hydrogen-bond donors (Lipinski definition) is 2. The quantitative estimate of drug-likeness (QED) is 0.307. The van der Waals surface area contributed by atoms with E-state index in [-0.39, 0.29) is 6.61 Å². The molecule has 1 aromatic rings. The molecule has 0 saturated heterocycles. The lowest BCUT2D eigenvalue weighted by molar-refractivity contribution is -0.127. The van der Waals surface area contributed by atoms with Gasteiger partial charge in [-0.1, -0.05) is 35.4 Å². The molecule has 7 nitrogen and oxygen atoms in total. The molecule has 0 aliphatic heterocycles. The molecule has 0 heterocycles. The zero-order chi connectivity index (χ0) is 14.8. The van der Waals surface area contributed by atoms with Gasteiger partial charge in [-0.25, -0.2) is 0 Å². The Bertz CT molecular complexity index is 473. The van der Waals surface area contributed by atoms with Crippen molar-refractivity contribution in [2.24, 2.45) is 10.8 Å². The van der Waals surface area contributed by atoms with Crippen LogP contribution in [0.3, 0.4) is 0 Å².